The molecule has 0 atom stereocenters. The molecule has 0 saturated carbocycles. The second-order valence-electron chi connectivity index (χ2n) is 3.39. The quantitative estimate of drug-likeness (QED) is 0.579. The van der Waals surface area contributed by atoms with Crippen LogP contribution < -0.4 is 16.6 Å². The standard InChI is InChI=1S/C8H11N7O2/c1-15-4-10-12-5(15)2-3-9-6-7(16)11-8(17)14-13-6/h4H,2-3H2,1H3,(H,9,13)(H2,11,14,16,17). The third kappa shape index (κ3) is 2.56. The summed E-state index contributed by atoms with van der Waals surface area (Å²) in [5.41, 5.74) is -1.18. The molecule has 2 rings (SSSR count). The average molecular weight is 237 g/mol. The lowest BCUT2D eigenvalue weighted by molar-refractivity contribution is 0.782. The van der Waals surface area contributed by atoms with E-state index in [1.54, 1.807) is 10.9 Å². The van der Waals surface area contributed by atoms with E-state index in [9.17, 15) is 9.59 Å². The number of nitrogens with one attached hydrogen (secondary N) is 3. The highest BCUT2D eigenvalue weighted by atomic mass is 16.2. The van der Waals surface area contributed by atoms with Crippen molar-refractivity contribution < 1.29 is 0 Å². The lowest BCUT2D eigenvalue weighted by Crippen LogP contribution is -2.27. The molecular weight excluding hydrogens is 226 g/mol. The van der Waals surface area contributed by atoms with Crippen LogP contribution in [0.25, 0.3) is 0 Å². The molecule has 0 aromatic carbocycles. The molecule has 0 bridgehead atoms. The third-order valence-corrected chi connectivity index (χ3v) is 2.16. The Morgan fingerprint density at radius 2 is 2.29 bits per heavy atom. The van der Waals surface area contributed by atoms with Gasteiger partial charge in [0.05, 0.1) is 0 Å². The molecule has 2 heterocycles. The molecule has 0 radical (unpaired) electrons. The molecule has 90 valence electrons. The average Bonchev–Trinajstić information content (AvgIpc) is 2.68. The van der Waals surface area contributed by atoms with Crippen molar-refractivity contribution >= 4 is 5.82 Å². The zero-order valence-electron chi connectivity index (χ0n) is 9.10. The molecule has 0 amide bonds. The van der Waals surface area contributed by atoms with Crippen LogP contribution in [-0.4, -0.2) is 36.5 Å². The Kier molecular flexibility index (Phi) is 2.99. The summed E-state index contributed by atoms with van der Waals surface area (Å²) in [7, 11) is 1.83. The first kappa shape index (κ1) is 11.0. The predicted octanol–water partition coefficient (Wildman–Crippen LogP) is -1.76. The van der Waals surface area contributed by atoms with Crippen LogP contribution in [0, 0.1) is 0 Å². The summed E-state index contributed by atoms with van der Waals surface area (Å²) in [6.07, 6.45) is 2.19. The topological polar surface area (TPSA) is 121 Å². The summed E-state index contributed by atoms with van der Waals surface area (Å²) in [4.78, 5) is 24.1. The molecule has 9 nitrogen and oxygen atoms in total. The highest BCUT2D eigenvalue weighted by molar-refractivity contribution is 5.28. The summed E-state index contributed by atoms with van der Waals surface area (Å²) >= 11 is 0. The maximum atomic E-state index is 11.3. The van der Waals surface area contributed by atoms with Crippen molar-refractivity contribution in [1.82, 2.24) is 29.9 Å². The van der Waals surface area contributed by atoms with E-state index < -0.39 is 11.2 Å². The fraction of sp³-hybridized carbons (Fsp3) is 0.375. The Balaban J connectivity index is 1.97. The molecule has 0 fully saturated rings. The van der Waals surface area contributed by atoms with E-state index in [-0.39, 0.29) is 5.82 Å². The minimum absolute atomic E-state index is 0.0757. The maximum absolute atomic E-state index is 11.3. The smallest absolute Gasteiger partial charge is 0.342 e. The van der Waals surface area contributed by atoms with Crippen molar-refractivity contribution in [3.05, 3.63) is 33.0 Å². The van der Waals surface area contributed by atoms with Crippen LogP contribution in [0.2, 0.25) is 0 Å². The van der Waals surface area contributed by atoms with Crippen LogP contribution in [0.4, 0.5) is 5.82 Å². The van der Waals surface area contributed by atoms with E-state index in [2.05, 4.69) is 30.7 Å². The van der Waals surface area contributed by atoms with Crippen LogP contribution >= 0.6 is 0 Å². The number of hydrogen-bond acceptors (Lipinski definition) is 6. The minimum atomic E-state index is -0.631. The first-order valence-electron chi connectivity index (χ1n) is 4.92. The van der Waals surface area contributed by atoms with Gasteiger partial charge in [0.25, 0.3) is 5.56 Å². The van der Waals surface area contributed by atoms with Gasteiger partial charge in [-0.2, -0.15) is 0 Å². The zero-order chi connectivity index (χ0) is 12.3. The molecule has 2 aromatic heterocycles. The summed E-state index contributed by atoms with van der Waals surface area (Å²) in [5, 5.41) is 16.1. The van der Waals surface area contributed by atoms with Crippen LogP contribution in [0.3, 0.4) is 0 Å². The highest BCUT2D eigenvalue weighted by Crippen LogP contribution is 1.94. The van der Waals surface area contributed by atoms with Crippen LogP contribution in [-0.2, 0) is 13.5 Å². The largest absolute Gasteiger partial charge is 0.364 e. The first-order chi connectivity index (χ1) is 8.16. The van der Waals surface area contributed by atoms with E-state index in [0.29, 0.717) is 13.0 Å². The molecule has 0 spiro atoms. The molecule has 9 heteroatoms. The van der Waals surface area contributed by atoms with E-state index in [4.69, 9.17) is 0 Å². The van der Waals surface area contributed by atoms with Gasteiger partial charge in [-0.25, -0.2) is 9.89 Å². The van der Waals surface area contributed by atoms with Crippen molar-refractivity contribution in [2.45, 2.75) is 6.42 Å². The molecule has 0 aliphatic carbocycles. The Morgan fingerprint density at radius 1 is 1.47 bits per heavy atom. The number of aromatic nitrogens is 6. The molecule has 2 aromatic rings. The second-order valence-corrected chi connectivity index (χ2v) is 3.39. The number of anilines is 1. The summed E-state index contributed by atoms with van der Waals surface area (Å²) in [5.74, 6) is 0.866. The fourth-order valence-corrected chi connectivity index (χ4v) is 1.29. The zero-order valence-corrected chi connectivity index (χ0v) is 9.10. The summed E-state index contributed by atoms with van der Waals surface area (Å²) < 4.78 is 1.78. The Hall–Kier alpha value is -2.45. The highest BCUT2D eigenvalue weighted by Gasteiger charge is 2.03. The SMILES string of the molecule is Cn1cnnc1CCNc1n[nH]c(=O)[nH]c1=O. The summed E-state index contributed by atoms with van der Waals surface area (Å²) in [6, 6.07) is 0. The lowest BCUT2D eigenvalue weighted by atomic mass is 10.4. The molecule has 0 aliphatic heterocycles. The van der Waals surface area contributed by atoms with Crippen molar-refractivity contribution in [2.75, 3.05) is 11.9 Å². The monoisotopic (exact) mass is 237 g/mol. The number of aryl methyl sites for hydroxylation is 1. The molecule has 0 unspecified atom stereocenters. The van der Waals surface area contributed by atoms with Crippen molar-refractivity contribution in [3.8, 4) is 0 Å². The van der Waals surface area contributed by atoms with Gasteiger partial charge in [0.2, 0.25) is 5.82 Å². The van der Waals surface area contributed by atoms with E-state index in [1.165, 1.54) is 0 Å². The first-order valence-corrected chi connectivity index (χ1v) is 4.92. The van der Waals surface area contributed by atoms with Gasteiger partial charge >= 0.3 is 5.69 Å². The van der Waals surface area contributed by atoms with Crippen molar-refractivity contribution in [3.63, 3.8) is 0 Å². The Morgan fingerprint density at radius 3 is 2.94 bits per heavy atom. The van der Waals surface area contributed by atoms with Gasteiger partial charge in [-0.15, -0.1) is 15.3 Å². The van der Waals surface area contributed by atoms with Gasteiger partial charge in [-0.1, -0.05) is 0 Å². The second kappa shape index (κ2) is 4.60. The number of aromatic amines is 2. The molecule has 17 heavy (non-hydrogen) atoms. The number of H-pyrrole nitrogens is 2. The number of rotatable bonds is 4. The van der Waals surface area contributed by atoms with Gasteiger partial charge in [0.15, 0.2) is 0 Å². The van der Waals surface area contributed by atoms with Crippen molar-refractivity contribution in [2.24, 2.45) is 7.05 Å². The van der Waals surface area contributed by atoms with Gasteiger partial charge in [0.1, 0.15) is 12.2 Å². The normalized spacial score (nSPS) is 10.4. The summed E-state index contributed by atoms with van der Waals surface area (Å²) in [6.45, 7) is 0.467. The van der Waals surface area contributed by atoms with E-state index >= 15 is 0 Å². The van der Waals surface area contributed by atoms with E-state index in [1.807, 2.05) is 7.05 Å². The fourth-order valence-electron chi connectivity index (χ4n) is 1.29. The van der Waals surface area contributed by atoms with Crippen LogP contribution in [0.1, 0.15) is 5.82 Å². The van der Waals surface area contributed by atoms with Gasteiger partial charge in [-0.3, -0.25) is 9.78 Å². The molecular formula is C8H11N7O2. The Labute approximate surface area is 94.9 Å². The predicted molar refractivity (Wildman–Crippen MR) is 58.7 cm³/mol. The molecule has 0 saturated heterocycles. The van der Waals surface area contributed by atoms with Crippen molar-refractivity contribution in [1.29, 1.82) is 0 Å². The van der Waals surface area contributed by atoms with Gasteiger partial charge < -0.3 is 9.88 Å². The Bertz CT molecular complexity index is 611. The maximum Gasteiger partial charge on any atom is 0.342 e. The van der Waals surface area contributed by atoms with Crippen LogP contribution in [0.5, 0.6) is 0 Å². The minimum Gasteiger partial charge on any atom is -0.364 e. The molecule has 0 aliphatic rings. The molecule has 3 N–H and O–H groups in total. The number of nitrogens with zero attached hydrogens (tertiary/aromatic N) is 4. The van der Waals surface area contributed by atoms with Gasteiger partial charge in [-0.05, 0) is 0 Å². The number of hydrogen-bond donors (Lipinski definition) is 3. The lowest BCUT2D eigenvalue weighted by Gasteiger charge is -2.02. The van der Waals surface area contributed by atoms with Crippen LogP contribution in [0.15, 0.2) is 15.9 Å². The third-order valence-electron chi connectivity index (χ3n) is 2.16. The van der Waals surface area contributed by atoms with E-state index in [0.717, 1.165) is 5.82 Å². The van der Waals surface area contributed by atoms with Gasteiger partial charge in [0, 0.05) is 20.0 Å².